The smallest absolute Gasteiger partial charge is 0.275 e. The zero-order valence-electron chi connectivity index (χ0n) is 11.4. The number of hydrogen-bond acceptors (Lipinski definition) is 3. The minimum absolute atomic E-state index is 0.158. The summed E-state index contributed by atoms with van der Waals surface area (Å²) in [4.78, 5) is 10.7. The van der Waals surface area contributed by atoms with E-state index in [-0.39, 0.29) is 10.6 Å². The van der Waals surface area contributed by atoms with E-state index in [1.165, 1.54) is 11.1 Å². The van der Waals surface area contributed by atoms with E-state index in [2.05, 4.69) is 45.5 Å². The first-order valence-corrected chi connectivity index (χ1v) is 7.66. The first-order chi connectivity index (χ1) is 10.1. The normalized spacial score (nSPS) is 16.1. The Bertz CT molecular complexity index is 688. The Labute approximate surface area is 131 Å². The monoisotopic (exact) mass is 346 g/mol. The van der Waals surface area contributed by atoms with Gasteiger partial charge in [-0.3, -0.25) is 10.1 Å². The minimum Gasteiger partial charge on any atom is -0.312 e. The molecule has 1 aliphatic rings. The molecule has 0 aromatic heterocycles. The van der Waals surface area contributed by atoms with Gasteiger partial charge in [0, 0.05) is 35.1 Å². The van der Waals surface area contributed by atoms with Crippen molar-refractivity contribution in [2.24, 2.45) is 0 Å². The summed E-state index contributed by atoms with van der Waals surface area (Å²) >= 11 is 3.27. The fraction of sp³-hybridized carbons (Fsp3) is 0.250. The number of nitro benzene ring substituents is 1. The fourth-order valence-electron chi connectivity index (χ4n) is 2.78. The third-order valence-electron chi connectivity index (χ3n) is 3.91. The van der Waals surface area contributed by atoms with Gasteiger partial charge >= 0.3 is 0 Å². The third kappa shape index (κ3) is 2.99. The lowest BCUT2D eigenvalue weighted by molar-refractivity contribution is -0.385. The second-order valence-electron chi connectivity index (χ2n) is 5.26. The number of nitro groups is 1. The Balaban J connectivity index is 1.61. The highest BCUT2D eigenvalue weighted by Gasteiger charge is 2.25. The first-order valence-electron chi connectivity index (χ1n) is 6.86. The molecule has 1 unspecified atom stereocenters. The molecule has 4 nitrogen and oxygen atoms in total. The van der Waals surface area contributed by atoms with Gasteiger partial charge in [-0.1, -0.05) is 40.2 Å². The maximum atomic E-state index is 11.1. The average Bonchev–Trinajstić information content (AvgIpc) is 2.45. The summed E-state index contributed by atoms with van der Waals surface area (Å²) in [5.74, 6) is 0.524. The topological polar surface area (TPSA) is 55.2 Å². The van der Waals surface area contributed by atoms with Gasteiger partial charge in [-0.25, -0.2) is 0 Å². The van der Waals surface area contributed by atoms with Crippen molar-refractivity contribution in [2.45, 2.75) is 18.9 Å². The number of nitrogens with zero attached hydrogens (tertiary/aromatic N) is 1. The number of fused-ring (bicyclic) bond motifs is 1. The summed E-state index contributed by atoms with van der Waals surface area (Å²) in [6.45, 7) is 1.37. The summed E-state index contributed by atoms with van der Waals surface area (Å²) in [5, 5.41) is 14.4. The summed E-state index contributed by atoms with van der Waals surface area (Å²) in [6, 6.07) is 13.6. The Morgan fingerprint density at radius 2 is 2.10 bits per heavy atom. The maximum absolute atomic E-state index is 11.1. The van der Waals surface area contributed by atoms with Gasteiger partial charge in [0.1, 0.15) is 0 Å². The molecule has 2 aromatic carbocycles. The molecule has 0 heterocycles. The molecule has 0 fully saturated rings. The van der Waals surface area contributed by atoms with E-state index < -0.39 is 0 Å². The van der Waals surface area contributed by atoms with Crippen LogP contribution in [0.4, 0.5) is 5.69 Å². The second kappa shape index (κ2) is 5.95. The molecule has 1 N–H and O–H groups in total. The van der Waals surface area contributed by atoms with Gasteiger partial charge in [0.25, 0.3) is 5.69 Å². The Morgan fingerprint density at radius 1 is 1.29 bits per heavy atom. The van der Waals surface area contributed by atoms with E-state index in [0.717, 1.165) is 23.0 Å². The van der Waals surface area contributed by atoms with E-state index >= 15 is 0 Å². The first kappa shape index (κ1) is 14.2. The lowest BCUT2D eigenvalue weighted by atomic mass is 9.77. The van der Waals surface area contributed by atoms with Crippen LogP contribution in [-0.2, 0) is 13.0 Å². The molecule has 0 spiro atoms. The van der Waals surface area contributed by atoms with Crippen molar-refractivity contribution in [3.05, 3.63) is 73.7 Å². The summed E-state index contributed by atoms with van der Waals surface area (Å²) in [6.07, 6.45) is 1.09. The number of benzene rings is 2. The number of nitrogens with one attached hydrogen (secondary N) is 1. The largest absolute Gasteiger partial charge is 0.312 e. The summed E-state index contributed by atoms with van der Waals surface area (Å²) in [5.41, 5.74) is 3.69. The third-order valence-corrected chi connectivity index (χ3v) is 4.40. The molecule has 0 amide bonds. The number of hydrogen-bond donors (Lipinski definition) is 1. The molecule has 108 valence electrons. The highest BCUT2D eigenvalue weighted by molar-refractivity contribution is 9.10. The molecule has 21 heavy (non-hydrogen) atoms. The lowest BCUT2D eigenvalue weighted by Crippen LogP contribution is -2.28. The van der Waals surface area contributed by atoms with Crippen molar-refractivity contribution in [1.82, 2.24) is 5.32 Å². The van der Waals surface area contributed by atoms with Gasteiger partial charge in [0.2, 0.25) is 0 Å². The standard InChI is InChI=1S/C16H15BrN2O2/c17-14-6-5-12(16(8-14)19(20)21)9-18-10-13-7-11-3-1-2-4-15(11)13/h1-6,8,13,18H,7,9-10H2. The molecule has 1 aliphatic carbocycles. The van der Waals surface area contributed by atoms with Crippen molar-refractivity contribution in [1.29, 1.82) is 0 Å². The van der Waals surface area contributed by atoms with E-state index in [1.807, 2.05) is 6.07 Å². The zero-order valence-corrected chi connectivity index (χ0v) is 13.0. The van der Waals surface area contributed by atoms with Crippen LogP contribution in [0.1, 0.15) is 22.6 Å². The molecule has 5 heteroatoms. The van der Waals surface area contributed by atoms with E-state index in [0.29, 0.717) is 12.5 Å². The predicted octanol–water partition coefficient (Wildman–Crippen LogP) is 3.79. The maximum Gasteiger partial charge on any atom is 0.275 e. The van der Waals surface area contributed by atoms with Crippen LogP contribution in [0.3, 0.4) is 0 Å². The van der Waals surface area contributed by atoms with Gasteiger partial charge < -0.3 is 5.32 Å². The van der Waals surface area contributed by atoms with Crippen LogP contribution in [0, 0.1) is 10.1 Å². The fourth-order valence-corrected chi connectivity index (χ4v) is 3.13. The molecule has 1 atom stereocenters. The molecule has 0 saturated heterocycles. The number of rotatable bonds is 5. The minimum atomic E-state index is -0.333. The Morgan fingerprint density at radius 3 is 2.86 bits per heavy atom. The van der Waals surface area contributed by atoms with Gasteiger partial charge in [0.05, 0.1) is 4.92 Å². The molecule has 0 aliphatic heterocycles. The predicted molar refractivity (Wildman–Crippen MR) is 85.4 cm³/mol. The lowest BCUT2D eigenvalue weighted by Gasteiger charge is -2.30. The molecule has 0 saturated carbocycles. The molecule has 3 rings (SSSR count). The SMILES string of the molecule is O=[N+]([O-])c1cc(Br)ccc1CNCC1Cc2ccccc21. The van der Waals surface area contributed by atoms with Crippen molar-refractivity contribution in [2.75, 3.05) is 6.54 Å². The Kier molecular flexibility index (Phi) is 4.03. The highest BCUT2D eigenvalue weighted by atomic mass is 79.9. The van der Waals surface area contributed by atoms with E-state index in [4.69, 9.17) is 0 Å². The van der Waals surface area contributed by atoms with Crippen LogP contribution in [-0.4, -0.2) is 11.5 Å². The van der Waals surface area contributed by atoms with Crippen LogP contribution >= 0.6 is 15.9 Å². The van der Waals surface area contributed by atoms with Crippen molar-refractivity contribution >= 4 is 21.6 Å². The van der Waals surface area contributed by atoms with Gasteiger partial charge in [-0.2, -0.15) is 0 Å². The average molecular weight is 347 g/mol. The van der Waals surface area contributed by atoms with Gasteiger partial charge in [-0.05, 0) is 29.7 Å². The van der Waals surface area contributed by atoms with Crippen molar-refractivity contribution < 1.29 is 4.92 Å². The zero-order chi connectivity index (χ0) is 14.8. The van der Waals surface area contributed by atoms with Crippen LogP contribution in [0.25, 0.3) is 0 Å². The molecular weight excluding hydrogens is 332 g/mol. The second-order valence-corrected chi connectivity index (χ2v) is 6.18. The molecular formula is C16H15BrN2O2. The van der Waals surface area contributed by atoms with E-state index in [9.17, 15) is 10.1 Å². The highest BCUT2D eigenvalue weighted by Crippen LogP contribution is 2.34. The molecule has 0 radical (unpaired) electrons. The Hall–Kier alpha value is -1.72. The van der Waals surface area contributed by atoms with Crippen LogP contribution < -0.4 is 5.32 Å². The van der Waals surface area contributed by atoms with Crippen molar-refractivity contribution in [3.8, 4) is 0 Å². The van der Waals surface area contributed by atoms with Crippen LogP contribution in [0.15, 0.2) is 46.9 Å². The van der Waals surface area contributed by atoms with Crippen molar-refractivity contribution in [3.63, 3.8) is 0 Å². The van der Waals surface area contributed by atoms with Gasteiger partial charge in [0.15, 0.2) is 0 Å². The quantitative estimate of drug-likeness (QED) is 0.661. The van der Waals surface area contributed by atoms with Gasteiger partial charge in [-0.15, -0.1) is 0 Å². The summed E-state index contributed by atoms with van der Waals surface area (Å²) in [7, 11) is 0. The van der Waals surface area contributed by atoms with Crippen LogP contribution in [0.2, 0.25) is 0 Å². The summed E-state index contributed by atoms with van der Waals surface area (Å²) < 4.78 is 0.728. The molecule has 0 bridgehead atoms. The molecule has 2 aromatic rings. The van der Waals surface area contributed by atoms with Crippen LogP contribution in [0.5, 0.6) is 0 Å². The number of halogens is 1. The van der Waals surface area contributed by atoms with E-state index in [1.54, 1.807) is 12.1 Å².